The maximum absolute atomic E-state index is 13.0. The standard InChI is InChI=1S/C24H26N2O3/c1-24(23(29)25-14-12-17-7-3-2-4-8-17)13-11-21-19(15-24)18-9-5-6-10-20(18)26(21)16-22(27)28/h2-10H,11-16H2,1H3,(H,25,29)(H,27,28). The fraction of sp³-hybridized carbons (Fsp3) is 0.333. The van der Waals surface area contributed by atoms with Gasteiger partial charge in [0.1, 0.15) is 6.54 Å². The van der Waals surface area contributed by atoms with Gasteiger partial charge in [-0.25, -0.2) is 0 Å². The van der Waals surface area contributed by atoms with Crippen molar-refractivity contribution in [3.8, 4) is 0 Å². The van der Waals surface area contributed by atoms with Gasteiger partial charge in [-0.1, -0.05) is 55.5 Å². The third kappa shape index (κ3) is 3.77. The zero-order valence-corrected chi connectivity index (χ0v) is 16.6. The van der Waals surface area contributed by atoms with Crippen molar-refractivity contribution in [1.82, 2.24) is 9.88 Å². The average molecular weight is 390 g/mol. The van der Waals surface area contributed by atoms with Gasteiger partial charge >= 0.3 is 5.97 Å². The number of hydrogen-bond donors (Lipinski definition) is 2. The normalized spacial score (nSPS) is 18.4. The molecule has 0 bridgehead atoms. The van der Waals surface area contributed by atoms with E-state index in [1.807, 2.05) is 54.0 Å². The molecular weight excluding hydrogens is 364 g/mol. The van der Waals surface area contributed by atoms with Gasteiger partial charge in [-0.15, -0.1) is 0 Å². The Kier molecular flexibility index (Phi) is 5.14. The topological polar surface area (TPSA) is 71.3 Å². The summed E-state index contributed by atoms with van der Waals surface area (Å²) in [4.78, 5) is 24.4. The van der Waals surface area contributed by atoms with Crippen LogP contribution in [0.3, 0.4) is 0 Å². The Morgan fingerprint density at radius 2 is 1.83 bits per heavy atom. The van der Waals surface area contributed by atoms with E-state index >= 15 is 0 Å². The molecule has 1 amide bonds. The number of carbonyl (C=O) groups is 2. The first-order valence-electron chi connectivity index (χ1n) is 10.1. The molecule has 1 atom stereocenters. The lowest BCUT2D eigenvalue weighted by atomic mass is 9.73. The summed E-state index contributed by atoms with van der Waals surface area (Å²) in [6, 6.07) is 18.0. The van der Waals surface area contributed by atoms with E-state index in [4.69, 9.17) is 0 Å². The Balaban J connectivity index is 1.54. The van der Waals surface area contributed by atoms with Crippen LogP contribution in [-0.4, -0.2) is 28.1 Å². The van der Waals surface area contributed by atoms with E-state index in [2.05, 4.69) is 17.4 Å². The van der Waals surface area contributed by atoms with Crippen molar-refractivity contribution >= 4 is 22.8 Å². The third-order valence-electron chi connectivity index (χ3n) is 6.06. The predicted molar refractivity (Wildman–Crippen MR) is 113 cm³/mol. The number of carbonyl (C=O) groups excluding carboxylic acids is 1. The van der Waals surface area contributed by atoms with Crippen LogP contribution in [0, 0.1) is 5.41 Å². The van der Waals surface area contributed by atoms with Crippen LogP contribution in [0.2, 0.25) is 0 Å². The van der Waals surface area contributed by atoms with Crippen molar-refractivity contribution in [1.29, 1.82) is 0 Å². The smallest absolute Gasteiger partial charge is 0.323 e. The molecule has 1 aliphatic rings. The van der Waals surface area contributed by atoms with Crippen LogP contribution in [0.1, 0.15) is 30.2 Å². The van der Waals surface area contributed by atoms with E-state index in [9.17, 15) is 14.7 Å². The number of nitrogens with one attached hydrogen (secondary N) is 1. The van der Waals surface area contributed by atoms with Crippen LogP contribution in [-0.2, 0) is 35.4 Å². The van der Waals surface area contributed by atoms with Crippen molar-refractivity contribution in [3.05, 3.63) is 71.4 Å². The molecule has 5 nitrogen and oxygen atoms in total. The number of aliphatic carboxylic acids is 1. The maximum Gasteiger partial charge on any atom is 0.323 e. The number of para-hydroxylation sites is 1. The predicted octanol–water partition coefficient (Wildman–Crippen LogP) is 3.58. The molecule has 2 aromatic carbocycles. The molecule has 2 N–H and O–H groups in total. The maximum atomic E-state index is 13.0. The molecule has 1 aliphatic carbocycles. The van der Waals surface area contributed by atoms with Crippen LogP contribution in [0.15, 0.2) is 54.6 Å². The number of aromatic nitrogens is 1. The minimum absolute atomic E-state index is 0.0458. The average Bonchev–Trinajstić information content (AvgIpc) is 3.01. The van der Waals surface area contributed by atoms with Crippen LogP contribution < -0.4 is 5.32 Å². The molecule has 4 rings (SSSR count). The van der Waals surface area contributed by atoms with Gasteiger partial charge in [-0.05, 0) is 42.9 Å². The molecule has 0 aliphatic heterocycles. The second-order valence-corrected chi connectivity index (χ2v) is 8.15. The van der Waals surface area contributed by atoms with Gasteiger partial charge < -0.3 is 15.0 Å². The summed E-state index contributed by atoms with van der Waals surface area (Å²) in [5, 5.41) is 13.5. The zero-order chi connectivity index (χ0) is 20.4. The lowest BCUT2D eigenvalue weighted by molar-refractivity contribution is -0.137. The van der Waals surface area contributed by atoms with E-state index in [0.717, 1.165) is 28.6 Å². The molecule has 0 saturated heterocycles. The van der Waals surface area contributed by atoms with Gasteiger partial charge in [0.15, 0.2) is 0 Å². The number of benzene rings is 2. The monoisotopic (exact) mass is 390 g/mol. The number of nitrogens with zero attached hydrogens (tertiary/aromatic N) is 1. The lowest BCUT2D eigenvalue weighted by Gasteiger charge is -2.33. The van der Waals surface area contributed by atoms with E-state index in [1.54, 1.807) is 0 Å². The molecule has 0 spiro atoms. The highest BCUT2D eigenvalue weighted by Gasteiger charge is 2.39. The largest absolute Gasteiger partial charge is 0.480 e. The quantitative estimate of drug-likeness (QED) is 0.676. The Bertz CT molecular complexity index is 1050. The van der Waals surface area contributed by atoms with Gasteiger partial charge in [0.2, 0.25) is 5.91 Å². The fourth-order valence-corrected chi connectivity index (χ4v) is 4.47. The fourth-order valence-electron chi connectivity index (χ4n) is 4.47. The molecule has 1 heterocycles. The summed E-state index contributed by atoms with van der Waals surface area (Å²) >= 11 is 0. The minimum Gasteiger partial charge on any atom is -0.480 e. The van der Waals surface area contributed by atoms with Crippen molar-refractivity contribution in [3.63, 3.8) is 0 Å². The Morgan fingerprint density at radius 1 is 1.10 bits per heavy atom. The summed E-state index contributed by atoms with van der Waals surface area (Å²) < 4.78 is 1.90. The number of carboxylic acids is 1. The molecule has 5 heteroatoms. The molecule has 0 saturated carbocycles. The summed E-state index contributed by atoms with van der Waals surface area (Å²) in [5.74, 6) is -0.769. The Labute approximate surface area is 170 Å². The first-order chi connectivity index (χ1) is 14.0. The van der Waals surface area contributed by atoms with Gasteiger partial charge in [0.25, 0.3) is 0 Å². The van der Waals surface area contributed by atoms with Gasteiger partial charge in [-0.2, -0.15) is 0 Å². The highest BCUT2D eigenvalue weighted by atomic mass is 16.4. The molecule has 150 valence electrons. The summed E-state index contributed by atoms with van der Waals surface area (Å²) in [6.07, 6.45) is 2.87. The summed E-state index contributed by atoms with van der Waals surface area (Å²) in [7, 11) is 0. The Morgan fingerprint density at radius 3 is 2.59 bits per heavy atom. The van der Waals surface area contributed by atoms with Crippen molar-refractivity contribution in [2.45, 2.75) is 39.2 Å². The van der Waals surface area contributed by atoms with E-state index < -0.39 is 11.4 Å². The van der Waals surface area contributed by atoms with Crippen LogP contribution in [0.5, 0.6) is 0 Å². The van der Waals surface area contributed by atoms with Crippen LogP contribution >= 0.6 is 0 Å². The van der Waals surface area contributed by atoms with Crippen LogP contribution in [0.25, 0.3) is 10.9 Å². The molecule has 1 unspecified atom stereocenters. The molecule has 0 fully saturated rings. The third-order valence-corrected chi connectivity index (χ3v) is 6.06. The number of fused-ring (bicyclic) bond motifs is 3. The summed E-state index contributed by atoms with van der Waals surface area (Å²) in [5.41, 5.74) is 3.84. The van der Waals surface area contributed by atoms with E-state index in [0.29, 0.717) is 25.8 Å². The highest BCUT2D eigenvalue weighted by molar-refractivity contribution is 5.89. The van der Waals surface area contributed by atoms with Crippen molar-refractivity contribution in [2.24, 2.45) is 5.41 Å². The minimum atomic E-state index is -0.847. The second kappa shape index (κ2) is 7.74. The highest BCUT2D eigenvalue weighted by Crippen LogP contribution is 2.40. The number of hydrogen-bond acceptors (Lipinski definition) is 2. The van der Waals surface area contributed by atoms with Gasteiger partial charge in [0, 0.05) is 23.1 Å². The van der Waals surface area contributed by atoms with E-state index in [-0.39, 0.29) is 12.5 Å². The zero-order valence-electron chi connectivity index (χ0n) is 16.6. The van der Waals surface area contributed by atoms with Crippen molar-refractivity contribution in [2.75, 3.05) is 6.54 Å². The number of amides is 1. The SMILES string of the molecule is CC1(C(=O)NCCc2ccccc2)CCc2c(c3ccccc3n2CC(=O)O)C1. The first kappa shape index (κ1) is 19.2. The molecule has 3 aromatic rings. The molecule has 0 radical (unpaired) electrons. The molecule has 1 aromatic heterocycles. The molecular formula is C24H26N2O3. The number of rotatable bonds is 6. The summed E-state index contributed by atoms with van der Waals surface area (Å²) in [6.45, 7) is 2.60. The van der Waals surface area contributed by atoms with Gasteiger partial charge in [0.05, 0.1) is 5.41 Å². The van der Waals surface area contributed by atoms with Gasteiger partial charge in [-0.3, -0.25) is 9.59 Å². The molecule has 29 heavy (non-hydrogen) atoms. The Hall–Kier alpha value is -3.08. The first-order valence-corrected chi connectivity index (χ1v) is 10.1. The second-order valence-electron chi connectivity index (χ2n) is 8.15. The van der Waals surface area contributed by atoms with E-state index in [1.165, 1.54) is 5.56 Å². The number of carboxylic acid groups (broad SMARTS) is 1. The van der Waals surface area contributed by atoms with Crippen molar-refractivity contribution < 1.29 is 14.7 Å². The van der Waals surface area contributed by atoms with Crippen LogP contribution in [0.4, 0.5) is 0 Å². The lowest BCUT2D eigenvalue weighted by Crippen LogP contribution is -2.43.